The monoisotopic (exact) mass is 175 g/mol. The van der Waals surface area contributed by atoms with E-state index in [1.54, 1.807) is 17.0 Å². The minimum absolute atomic E-state index is 0.0343. The number of nitrogens with zero attached hydrogens (tertiary/aromatic N) is 2. The molecule has 5 nitrogen and oxygen atoms in total. The third kappa shape index (κ3) is 2.11. The van der Waals surface area contributed by atoms with Crippen molar-refractivity contribution < 1.29 is 8.76 Å². The van der Waals surface area contributed by atoms with Gasteiger partial charge < -0.3 is 14.9 Å². The highest BCUT2D eigenvalue weighted by atomic mass is 32.2. The third-order valence-corrected chi connectivity index (χ3v) is 1.73. The van der Waals surface area contributed by atoms with Gasteiger partial charge in [0.05, 0.1) is 6.54 Å². The first kappa shape index (κ1) is 8.38. The van der Waals surface area contributed by atoms with Crippen molar-refractivity contribution in [1.29, 1.82) is 0 Å². The van der Waals surface area contributed by atoms with Gasteiger partial charge in [0.25, 0.3) is 0 Å². The van der Waals surface area contributed by atoms with Crippen LogP contribution in [0.4, 0.5) is 0 Å². The summed E-state index contributed by atoms with van der Waals surface area (Å²) in [4.78, 5) is 3.88. The predicted molar refractivity (Wildman–Crippen MR) is 40.9 cm³/mol. The molecule has 0 spiro atoms. The maximum atomic E-state index is 10.4. The van der Waals surface area contributed by atoms with Crippen LogP contribution in [-0.4, -0.2) is 18.3 Å². The van der Waals surface area contributed by atoms with Crippen molar-refractivity contribution in [3.63, 3.8) is 0 Å². The third-order valence-electron chi connectivity index (χ3n) is 1.23. The number of hydrogen-bond acceptors (Lipinski definition) is 3. The van der Waals surface area contributed by atoms with Crippen molar-refractivity contribution >= 4 is 11.1 Å². The molecule has 1 heterocycles. The largest absolute Gasteiger partial charge is 0.324 e. The average molecular weight is 175 g/mol. The molecule has 0 aliphatic heterocycles. The molecule has 0 aliphatic rings. The second kappa shape index (κ2) is 3.61. The van der Waals surface area contributed by atoms with Gasteiger partial charge >= 0.3 is 0 Å². The van der Waals surface area contributed by atoms with Crippen molar-refractivity contribution in [3.05, 3.63) is 18.2 Å². The zero-order valence-electron chi connectivity index (χ0n) is 5.80. The molecule has 0 saturated carbocycles. The Labute approximate surface area is 66.5 Å². The Bertz CT molecular complexity index is 260. The summed E-state index contributed by atoms with van der Waals surface area (Å²) in [5, 5.41) is 0. The van der Waals surface area contributed by atoms with E-state index in [1.807, 2.05) is 0 Å². The second-order valence-corrected chi connectivity index (χ2v) is 2.87. The Hall–Kier alpha value is -0.720. The highest BCUT2D eigenvalue weighted by Gasteiger charge is 2.01. The molecule has 6 heteroatoms. The van der Waals surface area contributed by atoms with Gasteiger partial charge in [-0.3, -0.25) is 0 Å². The highest BCUT2D eigenvalue weighted by Crippen LogP contribution is 1.96. The van der Waals surface area contributed by atoms with Crippen LogP contribution in [-0.2, 0) is 23.5 Å². The van der Waals surface area contributed by atoms with Gasteiger partial charge in [-0.25, -0.2) is 9.19 Å². The second-order valence-electron chi connectivity index (χ2n) is 1.97. The van der Waals surface area contributed by atoms with Crippen LogP contribution in [0, 0.1) is 0 Å². The molecule has 0 saturated heterocycles. The molecule has 0 bridgehead atoms. The molecule has 62 valence electrons. The summed E-state index contributed by atoms with van der Waals surface area (Å²) in [5.41, 5.74) is 5.31. The van der Waals surface area contributed by atoms with E-state index < -0.39 is 11.1 Å². The molecule has 1 atom stereocenters. The average Bonchev–Trinajstić information content (AvgIpc) is 2.34. The van der Waals surface area contributed by atoms with Crippen LogP contribution < -0.4 is 5.73 Å². The lowest BCUT2D eigenvalue weighted by Crippen LogP contribution is -2.10. The SMILES string of the molecule is NCc1nccn1CS(=O)O. The fourth-order valence-corrected chi connectivity index (χ4v) is 1.24. The zero-order chi connectivity index (χ0) is 8.27. The summed E-state index contributed by atoms with van der Waals surface area (Å²) >= 11 is -1.84. The number of aromatic nitrogens is 2. The van der Waals surface area contributed by atoms with Crippen molar-refractivity contribution in [3.8, 4) is 0 Å². The Morgan fingerprint density at radius 3 is 3.09 bits per heavy atom. The van der Waals surface area contributed by atoms with Gasteiger partial charge in [-0.05, 0) is 0 Å². The van der Waals surface area contributed by atoms with Gasteiger partial charge in [-0.2, -0.15) is 0 Å². The van der Waals surface area contributed by atoms with Gasteiger partial charge in [0.2, 0.25) is 0 Å². The molecule has 1 aromatic heterocycles. The lowest BCUT2D eigenvalue weighted by atomic mass is 10.6. The fourth-order valence-electron chi connectivity index (χ4n) is 0.767. The van der Waals surface area contributed by atoms with E-state index in [1.165, 1.54) is 0 Å². The maximum absolute atomic E-state index is 10.4. The summed E-state index contributed by atoms with van der Waals surface area (Å²) in [6.07, 6.45) is 3.17. The molecule has 1 unspecified atom stereocenters. The van der Waals surface area contributed by atoms with Crippen molar-refractivity contribution in [2.75, 3.05) is 0 Å². The van der Waals surface area contributed by atoms with Gasteiger partial charge in [0.15, 0.2) is 11.1 Å². The molecule has 0 radical (unpaired) electrons. The number of imidazole rings is 1. The lowest BCUT2D eigenvalue weighted by Gasteiger charge is -2.00. The summed E-state index contributed by atoms with van der Waals surface area (Å²) < 4.78 is 20.4. The summed E-state index contributed by atoms with van der Waals surface area (Å²) in [5.74, 6) is 0.652. The highest BCUT2D eigenvalue weighted by molar-refractivity contribution is 7.78. The van der Waals surface area contributed by atoms with Crippen molar-refractivity contribution in [1.82, 2.24) is 9.55 Å². The summed E-state index contributed by atoms with van der Waals surface area (Å²) in [7, 11) is 0. The minimum Gasteiger partial charge on any atom is -0.324 e. The Kier molecular flexibility index (Phi) is 2.75. The first-order chi connectivity index (χ1) is 5.24. The maximum Gasteiger partial charge on any atom is 0.173 e. The Balaban J connectivity index is 2.76. The lowest BCUT2D eigenvalue weighted by molar-refractivity contribution is 0.549. The van der Waals surface area contributed by atoms with Crippen LogP contribution in [0.1, 0.15) is 5.82 Å². The van der Waals surface area contributed by atoms with E-state index in [9.17, 15) is 4.21 Å². The van der Waals surface area contributed by atoms with E-state index in [2.05, 4.69) is 4.98 Å². The van der Waals surface area contributed by atoms with Crippen molar-refractivity contribution in [2.45, 2.75) is 12.4 Å². The van der Waals surface area contributed by atoms with Crippen LogP contribution in [0.25, 0.3) is 0 Å². The van der Waals surface area contributed by atoms with E-state index >= 15 is 0 Å². The summed E-state index contributed by atoms with van der Waals surface area (Å²) in [6.45, 7) is 0.282. The number of hydrogen-bond donors (Lipinski definition) is 2. The molecule has 0 amide bonds. The van der Waals surface area contributed by atoms with Crippen molar-refractivity contribution in [2.24, 2.45) is 5.73 Å². The van der Waals surface area contributed by atoms with Gasteiger partial charge in [0.1, 0.15) is 11.7 Å². The molecule has 11 heavy (non-hydrogen) atoms. The smallest absolute Gasteiger partial charge is 0.173 e. The Morgan fingerprint density at radius 1 is 1.82 bits per heavy atom. The quantitative estimate of drug-likeness (QED) is 0.608. The van der Waals surface area contributed by atoms with Gasteiger partial charge in [-0.15, -0.1) is 0 Å². The molecular weight excluding hydrogens is 166 g/mol. The normalized spacial score (nSPS) is 13.3. The van der Waals surface area contributed by atoms with E-state index in [0.29, 0.717) is 5.82 Å². The van der Waals surface area contributed by atoms with Gasteiger partial charge in [0, 0.05) is 12.4 Å². The first-order valence-corrected chi connectivity index (χ1v) is 4.29. The fraction of sp³-hybridized carbons (Fsp3) is 0.400. The van der Waals surface area contributed by atoms with Crippen LogP contribution in [0.2, 0.25) is 0 Å². The van der Waals surface area contributed by atoms with Gasteiger partial charge in [-0.1, -0.05) is 0 Å². The molecule has 0 fully saturated rings. The molecule has 0 aromatic carbocycles. The van der Waals surface area contributed by atoms with E-state index in [4.69, 9.17) is 10.3 Å². The number of nitrogens with two attached hydrogens (primary N) is 1. The zero-order valence-corrected chi connectivity index (χ0v) is 6.62. The topological polar surface area (TPSA) is 81.1 Å². The standard InChI is InChI=1S/C5H9N3O2S/c6-3-5-7-1-2-8(5)4-11(9)10/h1-2H,3-4,6H2,(H,9,10). The van der Waals surface area contributed by atoms with Crippen LogP contribution in [0.15, 0.2) is 12.4 Å². The molecule has 0 aliphatic carbocycles. The molecule has 1 rings (SSSR count). The molecule has 3 N–H and O–H groups in total. The van der Waals surface area contributed by atoms with Crippen LogP contribution in [0.5, 0.6) is 0 Å². The van der Waals surface area contributed by atoms with Crippen LogP contribution >= 0.6 is 0 Å². The first-order valence-electron chi connectivity index (χ1n) is 3.01. The van der Waals surface area contributed by atoms with E-state index in [-0.39, 0.29) is 12.4 Å². The van der Waals surface area contributed by atoms with E-state index in [0.717, 1.165) is 0 Å². The predicted octanol–water partition coefficient (Wildman–Crippen LogP) is -0.479. The molecule has 1 aromatic rings. The number of rotatable bonds is 3. The molecular formula is C5H9N3O2S. The van der Waals surface area contributed by atoms with Crippen LogP contribution in [0.3, 0.4) is 0 Å². The Morgan fingerprint density at radius 2 is 2.55 bits per heavy atom. The minimum atomic E-state index is -1.84. The summed E-state index contributed by atoms with van der Waals surface area (Å²) in [6, 6.07) is 0.